The minimum atomic E-state index is 0.0842. The minimum Gasteiger partial charge on any atom is -0.383 e. The summed E-state index contributed by atoms with van der Waals surface area (Å²) < 4.78 is 5.00. The van der Waals surface area contributed by atoms with E-state index in [0.29, 0.717) is 25.0 Å². The number of amides is 1. The van der Waals surface area contributed by atoms with Gasteiger partial charge >= 0.3 is 0 Å². The van der Waals surface area contributed by atoms with Crippen molar-refractivity contribution in [1.29, 1.82) is 0 Å². The molecule has 3 nitrogen and oxygen atoms in total. The minimum absolute atomic E-state index is 0.0842. The molecule has 1 aromatic rings. The van der Waals surface area contributed by atoms with Gasteiger partial charge in [0, 0.05) is 20.2 Å². The Labute approximate surface area is 105 Å². The van der Waals surface area contributed by atoms with Crippen LogP contribution in [0.15, 0.2) is 30.3 Å². The molecule has 0 unspecified atom stereocenters. The van der Waals surface area contributed by atoms with Gasteiger partial charge in [-0.15, -0.1) is 0 Å². The summed E-state index contributed by atoms with van der Waals surface area (Å²) in [5, 5.41) is 0.351. The van der Waals surface area contributed by atoms with Crippen molar-refractivity contribution in [2.75, 3.05) is 25.6 Å². The molecule has 0 spiro atoms. The fourth-order valence-electron chi connectivity index (χ4n) is 1.38. The number of halogens is 1. The third kappa shape index (κ3) is 4.33. The summed E-state index contributed by atoms with van der Waals surface area (Å²) in [5.74, 6) is 0.0842. The molecule has 0 aliphatic heterocycles. The summed E-state index contributed by atoms with van der Waals surface area (Å²) in [4.78, 5) is 13.4. The number of benzene rings is 1. The van der Waals surface area contributed by atoms with Gasteiger partial charge in [-0.3, -0.25) is 4.79 Å². The number of nitrogens with zero attached hydrogens (tertiary/aromatic N) is 1. The number of alkyl halides is 1. The molecule has 1 rings (SSSR count). The van der Waals surface area contributed by atoms with Crippen LogP contribution in [0.5, 0.6) is 0 Å². The Kier molecular flexibility index (Phi) is 6.11. The average molecular weight is 286 g/mol. The average Bonchev–Trinajstić information content (AvgIpc) is 2.34. The van der Waals surface area contributed by atoms with Gasteiger partial charge in [-0.25, -0.2) is 0 Å². The zero-order valence-electron chi connectivity index (χ0n) is 9.36. The van der Waals surface area contributed by atoms with Crippen molar-refractivity contribution in [1.82, 2.24) is 4.90 Å². The van der Waals surface area contributed by atoms with Crippen LogP contribution in [0.3, 0.4) is 0 Å². The Morgan fingerprint density at radius 1 is 1.38 bits per heavy atom. The smallest absolute Gasteiger partial charge is 0.233 e. The van der Waals surface area contributed by atoms with Crippen LogP contribution in [0, 0.1) is 0 Å². The van der Waals surface area contributed by atoms with Crippen LogP contribution in [0.1, 0.15) is 5.56 Å². The molecule has 0 heterocycles. The number of hydrogen-bond donors (Lipinski definition) is 0. The molecule has 1 aromatic carbocycles. The predicted molar refractivity (Wildman–Crippen MR) is 67.5 cm³/mol. The SMILES string of the molecule is COCCN(Cc1ccccc1)C(=O)CBr. The molecule has 0 atom stereocenters. The van der Waals surface area contributed by atoms with Gasteiger partial charge in [-0.05, 0) is 5.56 Å². The Morgan fingerprint density at radius 2 is 2.06 bits per heavy atom. The lowest BCUT2D eigenvalue weighted by Crippen LogP contribution is -2.34. The normalized spacial score (nSPS) is 10.1. The number of methoxy groups -OCH3 is 1. The van der Waals surface area contributed by atoms with E-state index in [1.165, 1.54) is 0 Å². The first-order valence-electron chi connectivity index (χ1n) is 5.14. The highest BCUT2D eigenvalue weighted by atomic mass is 79.9. The molecular weight excluding hydrogens is 270 g/mol. The maximum absolute atomic E-state index is 11.6. The molecule has 0 aromatic heterocycles. The van der Waals surface area contributed by atoms with Gasteiger partial charge in [0.25, 0.3) is 0 Å². The fraction of sp³-hybridized carbons (Fsp3) is 0.417. The van der Waals surface area contributed by atoms with E-state index in [1.54, 1.807) is 12.0 Å². The molecule has 4 heteroatoms. The van der Waals surface area contributed by atoms with Crippen LogP contribution in [0.2, 0.25) is 0 Å². The van der Waals surface area contributed by atoms with Crippen LogP contribution in [0.25, 0.3) is 0 Å². The monoisotopic (exact) mass is 285 g/mol. The van der Waals surface area contributed by atoms with Crippen molar-refractivity contribution >= 4 is 21.8 Å². The molecule has 16 heavy (non-hydrogen) atoms. The van der Waals surface area contributed by atoms with Crippen molar-refractivity contribution in [2.24, 2.45) is 0 Å². The van der Waals surface area contributed by atoms with Gasteiger partial charge in [-0.2, -0.15) is 0 Å². The topological polar surface area (TPSA) is 29.5 Å². The summed E-state index contributed by atoms with van der Waals surface area (Å²) in [6.45, 7) is 1.82. The summed E-state index contributed by atoms with van der Waals surface area (Å²) in [6.07, 6.45) is 0. The summed E-state index contributed by atoms with van der Waals surface area (Å²) in [5.41, 5.74) is 1.13. The van der Waals surface area contributed by atoms with Crippen molar-refractivity contribution < 1.29 is 9.53 Å². The molecule has 0 saturated carbocycles. The Bertz CT molecular complexity index is 316. The van der Waals surface area contributed by atoms with Crippen LogP contribution in [-0.4, -0.2) is 36.4 Å². The molecule has 88 valence electrons. The third-order valence-corrected chi connectivity index (χ3v) is 2.73. The summed E-state index contributed by atoms with van der Waals surface area (Å²) >= 11 is 3.19. The first-order valence-corrected chi connectivity index (χ1v) is 6.26. The van der Waals surface area contributed by atoms with E-state index < -0.39 is 0 Å². The maximum Gasteiger partial charge on any atom is 0.233 e. The van der Waals surface area contributed by atoms with E-state index in [4.69, 9.17) is 4.74 Å². The number of carbonyl (C=O) groups is 1. The van der Waals surface area contributed by atoms with E-state index in [1.807, 2.05) is 30.3 Å². The lowest BCUT2D eigenvalue weighted by molar-refractivity contribution is -0.129. The quantitative estimate of drug-likeness (QED) is 0.749. The number of carbonyl (C=O) groups excluding carboxylic acids is 1. The Hall–Kier alpha value is -0.870. The van der Waals surface area contributed by atoms with Gasteiger partial charge in [0.05, 0.1) is 11.9 Å². The standard InChI is InChI=1S/C12H16BrNO2/c1-16-8-7-14(12(15)9-13)10-11-5-3-2-4-6-11/h2-6H,7-10H2,1H3. The van der Waals surface area contributed by atoms with Gasteiger partial charge in [0.2, 0.25) is 5.91 Å². The van der Waals surface area contributed by atoms with Crippen molar-refractivity contribution in [3.05, 3.63) is 35.9 Å². The summed E-state index contributed by atoms with van der Waals surface area (Å²) in [7, 11) is 1.64. The van der Waals surface area contributed by atoms with Crippen LogP contribution < -0.4 is 0 Å². The van der Waals surface area contributed by atoms with Crippen LogP contribution in [0.4, 0.5) is 0 Å². The predicted octanol–water partition coefficient (Wildman–Crippen LogP) is 2.06. The molecule has 1 amide bonds. The van der Waals surface area contributed by atoms with Crippen molar-refractivity contribution in [3.8, 4) is 0 Å². The summed E-state index contributed by atoms with van der Waals surface area (Å²) in [6, 6.07) is 9.95. The molecule has 0 saturated heterocycles. The first-order chi connectivity index (χ1) is 7.77. The molecule has 0 N–H and O–H groups in total. The largest absolute Gasteiger partial charge is 0.383 e. The Balaban J connectivity index is 2.59. The molecule has 0 radical (unpaired) electrons. The molecule has 0 aliphatic rings. The zero-order chi connectivity index (χ0) is 11.8. The van der Waals surface area contributed by atoms with E-state index in [-0.39, 0.29) is 5.91 Å². The zero-order valence-corrected chi connectivity index (χ0v) is 10.9. The Morgan fingerprint density at radius 3 is 2.62 bits per heavy atom. The van der Waals surface area contributed by atoms with Crippen LogP contribution >= 0.6 is 15.9 Å². The number of rotatable bonds is 6. The first kappa shape index (κ1) is 13.2. The van der Waals surface area contributed by atoms with Gasteiger partial charge in [-0.1, -0.05) is 46.3 Å². The second-order valence-corrected chi connectivity index (χ2v) is 3.99. The third-order valence-electron chi connectivity index (χ3n) is 2.25. The molecule has 0 bridgehead atoms. The highest BCUT2D eigenvalue weighted by Crippen LogP contribution is 2.05. The van der Waals surface area contributed by atoms with Gasteiger partial charge in [0.15, 0.2) is 0 Å². The highest BCUT2D eigenvalue weighted by Gasteiger charge is 2.11. The van der Waals surface area contributed by atoms with E-state index in [2.05, 4.69) is 15.9 Å². The maximum atomic E-state index is 11.6. The second-order valence-electron chi connectivity index (χ2n) is 3.43. The highest BCUT2D eigenvalue weighted by molar-refractivity contribution is 9.09. The van der Waals surface area contributed by atoms with Crippen molar-refractivity contribution in [2.45, 2.75) is 6.54 Å². The molecular formula is C12H16BrNO2. The lowest BCUT2D eigenvalue weighted by Gasteiger charge is -2.21. The lowest BCUT2D eigenvalue weighted by atomic mass is 10.2. The number of ether oxygens (including phenoxy) is 1. The fourth-order valence-corrected chi connectivity index (χ4v) is 1.74. The van der Waals surface area contributed by atoms with Crippen molar-refractivity contribution in [3.63, 3.8) is 0 Å². The van der Waals surface area contributed by atoms with E-state index >= 15 is 0 Å². The van der Waals surface area contributed by atoms with E-state index in [0.717, 1.165) is 5.56 Å². The molecule has 0 aliphatic carbocycles. The second kappa shape index (κ2) is 7.41. The van der Waals surface area contributed by atoms with E-state index in [9.17, 15) is 4.79 Å². The van der Waals surface area contributed by atoms with Crippen LogP contribution in [-0.2, 0) is 16.1 Å². The van der Waals surface area contributed by atoms with Gasteiger partial charge < -0.3 is 9.64 Å². The number of hydrogen-bond acceptors (Lipinski definition) is 2. The molecule has 0 fully saturated rings. The van der Waals surface area contributed by atoms with Gasteiger partial charge in [0.1, 0.15) is 0 Å².